The Morgan fingerprint density at radius 2 is 1.88 bits per heavy atom. The van der Waals surface area contributed by atoms with Crippen molar-refractivity contribution in [1.29, 1.82) is 0 Å². The molecule has 0 saturated heterocycles. The minimum Gasteiger partial charge on any atom is -0.465 e. The molecule has 5 heteroatoms. The molecule has 0 aliphatic carbocycles. The Morgan fingerprint density at radius 1 is 1.31 bits per heavy atom. The summed E-state index contributed by atoms with van der Waals surface area (Å²) in [5, 5.41) is 8.93. The van der Waals surface area contributed by atoms with Crippen molar-refractivity contribution in [2.45, 2.75) is 6.29 Å². The van der Waals surface area contributed by atoms with E-state index >= 15 is 0 Å². The minimum atomic E-state index is -1.03. The van der Waals surface area contributed by atoms with Gasteiger partial charge < -0.3 is 14.6 Å². The van der Waals surface area contributed by atoms with Gasteiger partial charge in [0, 0.05) is 26.8 Å². The van der Waals surface area contributed by atoms with Gasteiger partial charge in [0.1, 0.15) is 0 Å². The van der Waals surface area contributed by atoms with Crippen molar-refractivity contribution >= 4 is 11.8 Å². The third-order valence-corrected chi connectivity index (χ3v) is 2.27. The summed E-state index contributed by atoms with van der Waals surface area (Å²) in [5.74, 6) is 0. The number of benzene rings is 1. The number of hydrogen-bond acceptors (Lipinski definition) is 3. The van der Waals surface area contributed by atoms with Crippen LogP contribution in [-0.2, 0) is 9.47 Å². The Labute approximate surface area is 94.2 Å². The summed E-state index contributed by atoms with van der Waals surface area (Å²) in [6, 6.07) is 7.04. The highest BCUT2D eigenvalue weighted by Crippen LogP contribution is 2.27. The third kappa shape index (κ3) is 2.50. The topological polar surface area (TPSA) is 59.0 Å². The average molecular weight is 225 g/mol. The molecular weight excluding hydrogens is 210 g/mol. The molecule has 0 unspecified atom stereocenters. The van der Waals surface area contributed by atoms with Gasteiger partial charge in [0.2, 0.25) is 0 Å². The van der Waals surface area contributed by atoms with Crippen LogP contribution in [0.25, 0.3) is 0 Å². The molecule has 1 N–H and O–H groups in total. The Kier molecular flexibility index (Phi) is 4.28. The predicted octanol–water partition coefficient (Wildman–Crippen LogP) is 2.09. The molecule has 0 aliphatic rings. The van der Waals surface area contributed by atoms with Crippen LogP contribution in [0.4, 0.5) is 10.5 Å². The maximum Gasteiger partial charge on any atom is 0.411 e. The summed E-state index contributed by atoms with van der Waals surface area (Å²) in [7, 11) is 4.49. The van der Waals surface area contributed by atoms with Crippen molar-refractivity contribution in [2.24, 2.45) is 0 Å². The predicted molar refractivity (Wildman–Crippen MR) is 59.6 cm³/mol. The van der Waals surface area contributed by atoms with Crippen LogP contribution in [-0.4, -0.2) is 32.5 Å². The standard InChI is InChI=1S/C11H15NO4/c1-12(11(13)14)9-7-5-4-6-8(9)10(15-2)16-3/h4-7,10H,1-3H3,(H,13,14). The van der Waals surface area contributed by atoms with Crippen LogP contribution in [0.2, 0.25) is 0 Å². The van der Waals surface area contributed by atoms with E-state index in [0.717, 1.165) is 4.90 Å². The van der Waals surface area contributed by atoms with E-state index in [4.69, 9.17) is 14.6 Å². The van der Waals surface area contributed by atoms with Gasteiger partial charge in [0.15, 0.2) is 6.29 Å². The summed E-state index contributed by atoms with van der Waals surface area (Å²) in [5.41, 5.74) is 1.22. The van der Waals surface area contributed by atoms with Crippen LogP contribution in [0, 0.1) is 0 Å². The number of carbonyl (C=O) groups is 1. The van der Waals surface area contributed by atoms with Gasteiger partial charge in [0.25, 0.3) is 0 Å². The van der Waals surface area contributed by atoms with Gasteiger partial charge in [-0.05, 0) is 6.07 Å². The Balaban J connectivity index is 3.13. The van der Waals surface area contributed by atoms with Gasteiger partial charge in [-0.15, -0.1) is 0 Å². The van der Waals surface area contributed by atoms with Crippen molar-refractivity contribution in [1.82, 2.24) is 0 Å². The quantitative estimate of drug-likeness (QED) is 0.797. The smallest absolute Gasteiger partial charge is 0.411 e. The molecule has 1 amide bonds. The van der Waals surface area contributed by atoms with Gasteiger partial charge in [-0.2, -0.15) is 0 Å². The van der Waals surface area contributed by atoms with E-state index in [0.29, 0.717) is 11.3 Å². The number of rotatable bonds is 4. The fourth-order valence-corrected chi connectivity index (χ4v) is 1.45. The molecule has 0 saturated carbocycles. The van der Waals surface area contributed by atoms with Gasteiger partial charge in [0.05, 0.1) is 5.69 Å². The fraction of sp³-hybridized carbons (Fsp3) is 0.364. The summed E-state index contributed by atoms with van der Waals surface area (Å²) >= 11 is 0. The van der Waals surface area contributed by atoms with E-state index in [-0.39, 0.29) is 0 Å². The number of carboxylic acid groups (broad SMARTS) is 1. The first-order chi connectivity index (χ1) is 7.61. The van der Waals surface area contributed by atoms with E-state index in [1.807, 2.05) is 0 Å². The molecule has 1 aromatic carbocycles. The summed E-state index contributed by atoms with van der Waals surface area (Å²) < 4.78 is 10.2. The van der Waals surface area contributed by atoms with Crippen LogP contribution >= 0.6 is 0 Å². The first-order valence-electron chi connectivity index (χ1n) is 4.73. The number of methoxy groups -OCH3 is 2. The first-order valence-corrected chi connectivity index (χ1v) is 4.73. The van der Waals surface area contributed by atoms with Gasteiger partial charge in [-0.25, -0.2) is 4.79 Å². The van der Waals surface area contributed by atoms with Gasteiger partial charge >= 0.3 is 6.09 Å². The lowest BCUT2D eigenvalue weighted by atomic mass is 10.1. The molecule has 0 atom stereocenters. The van der Waals surface area contributed by atoms with Crippen molar-refractivity contribution in [3.8, 4) is 0 Å². The van der Waals surface area contributed by atoms with Crippen LogP contribution in [0.15, 0.2) is 24.3 Å². The third-order valence-electron chi connectivity index (χ3n) is 2.27. The number of amides is 1. The lowest BCUT2D eigenvalue weighted by Gasteiger charge is -2.21. The lowest BCUT2D eigenvalue weighted by Crippen LogP contribution is -2.25. The van der Waals surface area contributed by atoms with E-state index in [2.05, 4.69) is 0 Å². The molecule has 0 heterocycles. The highest BCUT2D eigenvalue weighted by Gasteiger charge is 2.18. The second-order valence-corrected chi connectivity index (χ2v) is 3.20. The number of para-hydroxylation sites is 1. The molecular formula is C11H15NO4. The lowest BCUT2D eigenvalue weighted by molar-refractivity contribution is -0.105. The maximum atomic E-state index is 10.9. The molecule has 1 rings (SSSR count). The Morgan fingerprint density at radius 3 is 2.38 bits per heavy atom. The summed E-state index contributed by atoms with van der Waals surface area (Å²) in [4.78, 5) is 12.0. The maximum absolute atomic E-state index is 10.9. The zero-order chi connectivity index (χ0) is 12.1. The normalized spacial score (nSPS) is 10.5. The number of hydrogen-bond donors (Lipinski definition) is 1. The molecule has 0 aliphatic heterocycles. The molecule has 16 heavy (non-hydrogen) atoms. The summed E-state index contributed by atoms with van der Waals surface area (Å²) in [6.07, 6.45) is -1.60. The molecule has 0 radical (unpaired) electrons. The second-order valence-electron chi connectivity index (χ2n) is 3.20. The van der Waals surface area contributed by atoms with Crippen LogP contribution < -0.4 is 4.90 Å². The van der Waals surface area contributed by atoms with Crippen LogP contribution in [0.3, 0.4) is 0 Å². The van der Waals surface area contributed by atoms with Crippen molar-refractivity contribution in [3.05, 3.63) is 29.8 Å². The van der Waals surface area contributed by atoms with Crippen molar-refractivity contribution in [2.75, 3.05) is 26.2 Å². The molecule has 0 spiro atoms. The van der Waals surface area contributed by atoms with E-state index in [9.17, 15) is 4.79 Å². The number of anilines is 1. The number of nitrogens with zero attached hydrogens (tertiary/aromatic N) is 1. The van der Waals surface area contributed by atoms with E-state index < -0.39 is 12.4 Å². The Hall–Kier alpha value is -1.59. The zero-order valence-corrected chi connectivity index (χ0v) is 9.51. The minimum absolute atomic E-state index is 0.545. The molecule has 0 fully saturated rings. The molecule has 0 aromatic heterocycles. The average Bonchev–Trinajstić information content (AvgIpc) is 2.30. The molecule has 0 bridgehead atoms. The molecule has 88 valence electrons. The van der Waals surface area contributed by atoms with Crippen molar-refractivity contribution in [3.63, 3.8) is 0 Å². The summed E-state index contributed by atoms with van der Waals surface area (Å²) in [6.45, 7) is 0. The highest BCUT2D eigenvalue weighted by molar-refractivity contribution is 5.86. The highest BCUT2D eigenvalue weighted by atomic mass is 16.7. The first kappa shape index (κ1) is 12.5. The van der Waals surface area contributed by atoms with E-state index in [1.165, 1.54) is 21.3 Å². The SMILES string of the molecule is COC(OC)c1ccccc1N(C)C(=O)O. The largest absolute Gasteiger partial charge is 0.465 e. The number of ether oxygens (including phenoxy) is 2. The fourth-order valence-electron chi connectivity index (χ4n) is 1.45. The molecule has 5 nitrogen and oxygen atoms in total. The van der Waals surface area contributed by atoms with Crippen molar-refractivity contribution < 1.29 is 19.4 Å². The Bertz CT molecular complexity index is 363. The zero-order valence-electron chi connectivity index (χ0n) is 9.51. The monoisotopic (exact) mass is 225 g/mol. The molecule has 1 aromatic rings. The second kappa shape index (κ2) is 5.48. The van der Waals surface area contributed by atoms with Crippen LogP contribution in [0.5, 0.6) is 0 Å². The van der Waals surface area contributed by atoms with Gasteiger partial charge in [-0.1, -0.05) is 18.2 Å². The van der Waals surface area contributed by atoms with Crippen LogP contribution in [0.1, 0.15) is 11.9 Å². The van der Waals surface area contributed by atoms with E-state index in [1.54, 1.807) is 24.3 Å². The van der Waals surface area contributed by atoms with Gasteiger partial charge in [-0.3, -0.25) is 4.90 Å².